The summed E-state index contributed by atoms with van der Waals surface area (Å²) in [6.07, 6.45) is 1.54. The number of nitrogens with zero attached hydrogens (tertiary/aromatic N) is 3. The van der Waals surface area contributed by atoms with Crippen LogP contribution in [0.2, 0.25) is 0 Å². The van der Waals surface area contributed by atoms with Gasteiger partial charge in [0.05, 0.1) is 38.4 Å². The highest BCUT2D eigenvalue weighted by Crippen LogP contribution is 2.37. The van der Waals surface area contributed by atoms with Crippen molar-refractivity contribution in [1.82, 2.24) is 9.66 Å². The van der Waals surface area contributed by atoms with Crippen LogP contribution in [0, 0.1) is 6.92 Å². The van der Waals surface area contributed by atoms with Crippen molar-refractivity contribution >= 4 is 17.1 Å². The van der Waals surface area contributed by atoms with E-state index < -0.39 is 0 Å². The van der Waals surface area contributed by atoms with E-state index in [9.17, 15) is 4.79 Å². The molecule has 0 bridgehead atoms. The van der Waals surface area contributed by atoms with Gasteiger partial charge in [-0.1, -0.05) is 30.3 Å². The molecule has 1 aromatic heterocycles. The zero-order chi connectivity index (χ0) is 24.1. The van der Waals surface area contributed by atoms with Gasteiger partial charge in [-0.25, -0.2) is 4.98 Å². The first-order valence-corrected chi connectivity index (χ1v) is 10.6. The number of rotatable bonds is 8. The molecule has 0 aliphatic heterocycles. The molecule has 0 aliphatic carbocycles. The van der Waals surface area contributed by atoms with E-state index in [0.717, 1.165) is 5.56 Å². The average Bonchev–Trinajstić information content (AvgIpc) is 2.87. The van der Waals surface area contributed by atoms with Crippen LogP contribution in [0.3, 0.4) is 0 Å². The summed E-state index contributed by atoms with van der Waals surface area (Å²) in [6.45, 7) is 2.02. The Hall–Kier alpha value is -4.33. The largest absolute Gasteiger partial charge is 0.493 e. The Balaban J connectivity index is 1.77. The van der Waals surface area contributed by atoms with Gasteiger partial charge >= 0.3 is 0 Å². The van der Waals surface area contributed by atoms with Crippen molar-refractivity contribution in [2.45, 2.75) is 13.5 Å². The lowest BCUT2D eigenvalue weighted by Gasteiger charge is -2.13. The molecule has 0 aliphatic rings. The first kappa shape index (κ1) is 22.8. The van der Waals surface area contributed by atoms with Crippen molar-refractivity contribution in [1.29, 1.82) is 0 Å². The van der Waals surface area contributed by atoms with Crippen molar-refractivity contribution in [2.75, 3.05) is 21.3 Å². The molecule has 0 amide bonds. The summed E-state index contributed by atoms with van der Waals surface area (Å²) >= 11 is 0. The van der Waals surface area contributed by atoms with Crippen LogP contribution in [0.1, 0.15) is 17.0 Å². The summed E-state index contributed by atoms with van der Waals surface area (Å²) in [5, 5.41) is 4.91. The molecule has 1 heterocycles. The number of fused-ring (bicyclic) bond motifs is 1. The summed E-state index contributed by atoms with van der Waals surface area (Å²) in [6, 6.07) is 18.3. The van der Waals surface area contributed by atoms with Crippen LogP contribution < -0.4 is 24.5 Å². The predicted molar refractivity (Wildman–Crippen MR) is 131 cm³/mol. The molecule has 8 nitrogen and oxygen atoms in total. The predicted octanol–water partition coefficient (Wildman–Crippen LogP) is 4.19. The normalized spacial score (nSPS) is 11.1. The lowest BCUT2D eigenvalue weighted by Crippen LogP contribution is -2.23. The molecule has 34 heavy (non-hydrogen) atoms. The third-order valence-corrected chi connectivity index (χ3v) is 5.28. The van der Waals surface area contributed by atoms with Gasteiger partial charge in [-0.05, 0) is 42.8 Å². The Labute approximate surface area is 197 Å². The van der Waals surface area contributed by atoms with E-state index in [-0.39, 0.29) is 12.2 Å². The molecule has 3 aromatic carbocycles. The maximum atomic E-state index is 13.3. The lowest BCUT2D eigenvalue weighted by atomic mass is 10.2. The van der Waals surface area contributed by atoms with Crippen LogP contribution in [0.25, 0.3) is 10.9 Å². The van der Waals surface area contributed by atoms with Gasteiger partial charge in [-0.3, -0.25) is 4.79 Å². The van der Waals surface area contributed by atoms with E-state index in [1.807, 2.05) is 37.3 Å². The van der Waals surface area contributed by atoms with Gasteiger partial charge in [0.1, 0.15) is 12.4 Å². The molecular weight excluding hydrogens is 434 g/mol. The number of methoxy groups -OCH3 is 3. The Morgan fingerprint density at radius 1 is 0.912 bits per heavy atom. The van der Waals surface area contributed by atoms with Crippen molar-refractivity contribution in [3.8, 4) is 23.0 Å². The molecule has 0 radical (unpaired) electrons. The van der Waals surface area contributed by atoms with Crippen molar-refractivity contribution < 1.29 is 18.9 Å². The van der Waals surface area contributed by atoms with E-state index >= 15 is 0 Å². The van der Waals surface area contributed by atoms with E-state index in [1.165, 1.54) is 26.0 Å². The van der Waals surface area contributed by atoms with Gasteiger partial charge in [0.15, 0.2) is 17.3 Å². The second kappa shape index (κ2) is 10.1. The maximum Gasteiger partial charge on any atom is 0.282 e. The number of hydrogen-bond donors (Lipinski definition) is 0. The van der Waals surface area contributed by atoms with E-state index in [0.29, 0.717) is 45.3 Å². The highest BCUT2D eigenvalue weighted by molar-refractivity contribution is 5.83. The molecule has 4 aromatic rings. The zero-order valence-electron chi connectivity index (χ0n) is 19.4. The molecule has 0 unspecified atom stereocenters. The molecule has 0 spiro atoms. The fraction of sp³-hybridized carbons (Fsp3) is 0.192. The Morgan fingerprint density at radius 3 is 2.26 bits per heavy atom. The zero-order valence-corrected chi connectivity index (χ0v) is 19.4. The van der Waals surface area contributed by atoms with Gasteiger partial charge in [-0.15, -0.1) is 0 Å². The number of benzene rings is 3. The molecular formula is C26H25N3O5. The minimum atomic E-state index is -0.294. The second-order valence-electron chi connectivity index (χ2n) is 7.42. The first-order valence-electron chi connectivity index (χ1n) is 10.6. The molecule has 0 saturated carbocycles. The van der Waals surface area contributed by atoms with Gasteiger partial charge in [0.25, 0.3) is 5.56 Å². The number of para-hydroxylation sites is 2. The highest BCUT2D eigenvalue weighted by Gasteiger charge is 2.14. The third-order valence-electron chi connectivity index (χ3n) is 5.28. The molecule has 0 saturated heterocycles. The van der Waals surface area contributed by atoms with Gasteiger partial charge in [0, 0.05) is 5.56 Å². The van der Waals surface area contributed by atoms with Crippen molar-refractivity contribution in [3.63, 3.8) is 0 Å². The fourth-order valence-corrected chi connectivity index (χ4v) is 3.54. The molecule has 0 fully saturated rings. The van der Waals surface area contributed by atoms with Crippen LogP contribution in [-0.4, -0.2) is 37.2 Å². The smallest absolute Gasteiger partial charge is 0.282 e. The SMILES string of the molecule is COc1cc(/C=N\n2c(COc3ccccc3C)nc3ccccc3c2=O)cc(OC)c1OC. The summed E-state index contributed by atoms with van der Waals surface area (Å²) in [7, 11) is 4.61. The topological polar surface area (TPSA) is 84.2 Å². The van der Waals surface area contributed by atoms with Crippen LogP contribution in [-0.2, 0) is 6.61 Å². The van der Waals surface area contributed by atoms with Crippen molar-refractivity contribution in [3.05, 3.63) is 88.0 Å². The molecule has 174 valence electrons. The van der Waals surface area contributed by atoms with Crippen LogP contribution in [0.4, 0.5) is 0 Å². The quantitative estimate of drug-likeness (QED) is 0.368. The highest BCUT2D eigenvalue weighted by atomic mass is 16.5. The number of aromatic nitrogens is 2. The number of hydrogen-bond acceptors (Lipinski definition) is 7. The standard InChI is InChI=1S/C26H25N3O5/c1-17-9-5-8-12-21(17)34-16-24-28-20-11-7-6-10-19(20)26(30)29(24)27-15-18-13-22(31-2)25(33-4)23(14-18)32-3/h5-15H,16H2,1-4H3/b27-15-. The minimum Gasteiger partial charge on any atom is -0.493 e. The first-order chi connectivity index (χ1) is 16.5. The molecule has 8 heteroatoms. The van der Waals surface area contributed by atoms with Crippen LogP contribution in [0.15, 0.2) is 70.6 Å². The summed E-state index contributed by atoms with van der Waals surface area (Å²) in [4.78, 5) is 17.9. The third kappa shape index (κ3) is 4.56. The minimum absolute atomic E-state index is 0.0670. The fourth-order valence-electron chi connectivity index (χ4n) is 3.54. The Bertz CT molecular complexity index is 1390. The summed E-state index contributed by atoms with van der Waals surface area (Å²) < 4.78 is 23.4. The average molecular weight is 460 g/mol. The van der Waals surface area contributed by atoms with E-state index in [4.69, 9.17) is 18.9 Å². The monoisotopic (exact) mass is 459 g/mol. The summed E-state index contributed by atoms with van der Waals surface area (Å²) in [5.41, 5.74) is 1.92. The van der Waals surface area contributed by atoms with Gasteiger partial charge in [-0.2, -0.15) is 9.78 Å². The van der Waals surface area contributed by atoms with Gasteiger partial charge < -0.3 is 18.9 Å². The number of aryl methyl sites for hydroxylation is 1. The van der Waals surface area contributed by atoms with E-state index in [2.05, 4.69) is 10.1 Å². The van der Waals surface area contributed by atoms with Crippen molar-refractivity contribution in [2.24, 2.45) is 5.10 Å². The molecule has 0 N–H and O–H groups in total. The molecule has 4 rings (SSSR count). The second-order valence-corrected chi connectivity index (χ2v) is 7.42. The maximum absolute atomic E-state index is 13.3. The Morgan fingerprint density at radius 2 is 1.59 bits per heavy atom. The van der Waals surface area contributed by atoms with E-state index in [1.54, 1.807) is 36.5 Å². The van der Waals surface area contributed by atoms with Crippen LogP contribution in [0.5, 0.6) is 23.0 Å². The van der Waals surface area contributed by atoms with Gasteiger partial charge in [0.2, 0.25) is 5.75 Å². The Kier molecular flexibility index (Phi) is 6.77. The van der Waals surface area contributed by atoms with Crippen LogP contribution >= 0.6 is 0 Å². The number of ether oxygens (including phenoxy) is 4. The summed E-state index contributed by atoms with van der Waals surface area (Å²) in [5.74, 6) is 2.52. The lowest BCUT2D eigenvalue weighted by molar-refractivity contribution is 0.287. The molecule has 0 atom stereocenters.